The Labute approximate surface area is 105 Å². The van der Waals surface area contributed by atoms with Crippen molar-refractivity contribution in [2.24, 2.45) is 18.9 Å². The lowest BCUT2D eigenvalue weighted by molar-refractivity contribution is -0.146. The molecule has 0 aromatic carbocycles. The number of anilines is 1. The largest absolute Gasteiger partial charge is 0.481 e. The summed E-state index contributed by atoms with van der Waals surface area (Å²) < 4.78 is 1.60. The molecule has 1 aliphatic heterocycles. The summed E-state index contributed by atoms with van der Waals surface area (Å²) in [5.41, 5.74) is 0.660. The first kappa shape index (κ1) is 12.6. The zero-order chi connectivity index (χ0) is 13.4. The van der Waals surface area contributed by atoms with Crippen LogP contribution in [0.25, 0.3) is 0 Å². The first-order valence-corrected chi connectivity index (χ1v) is 5.95. The number of piperidine rings is 1. The van der Waals surface area contributed by atoms with Crippen LogP contribution in [0.5, 0.6) is 0 Å². The van der Waals surface area contributed by atoms with Crippen molar-refractivity contribution in [3.63, 3.8) is 0 Å². The molecule has 3 unspecified atom stereocenters. The van der Waals surface area contributed by atoms with E-state index in [2.05, 4.69) is 5.10 Å². The van der Waals surface area contributed by atoms with E-state index in [1.54, 1.807) is 35.9 Å². The van der Waals surface area contributed by atoms with Crippen LogP contribution in [-0.2, 0) is 16.6 Å². The molecule has 0 bridgehead atoms. The molecule has 1 amide bonds. The number of aliphatic carboxylic acids is 1. The summed E-state index contributed by atoms with van der Waals surface area (Å²) in [6.07, 6.45) is 3.57. The Hall–Kier alpha value is -1.85. The number of aryl methyl sites for hydroxylation is 1. The van der Waals surface area contributed by atoms with Crippen molar-refractivity contribution in [2.45, 2.75) is 26.3 Å². The van der Waals surface area contributed by atoms with Crippen molar-refractivity contribution in [3.8, 4) is 0 Å². The lowest BCUT2D eigenvalue weighted by Crippen LogP contribution is -2.53. The van der Waals surface area contributed by atoms with E-state index in [0.717, 1.165) is 0 Å². The predicted octanol–water partition coefficient (Wildman–Crippen LogP) is 0.882. The zero-order valence-corrected chi connectivity index (χ0v) is 10.7. The summed E-state index contributed by atoms with van der Waals surface area (Å²) >= 11 is 0. The third-order valence-corrected chi connectivity index (χ3v) is 3.56. The number of carbonyl (C=O) groups is 2. The van der Waals surface area contributed by atoms with Gasteiger partial charge in [0.05, 0.1) is 17.8 Å². The normalized spacial score (nSPS) is 28.5. The Balaban J connectivity index is 2.34. The number of carboxylic acid groups (broad SMARTS) is 1. The number of aromatic nitrogens is 2. The molecule has 6 heteroatoms. The van der Waals surface area contributed by atoms with Gasteiger partial charge in [-0.25, -0.2) is 0 Å². The molecule has 1 N–H and O–H groups in total. The van der Waals surface area contributed by atoms with Crippen LogP contribution in [0.3, 0.4) is 0 Å². The summed E-state index contributed by atoms with van der Waals surface area (Å²) in [5, 5.41) is 13.3. The quantitative estimate of drug-likeness (QED) is 0.846. The maximum atomic E-state index is 12.1. The highest BCUT2D eigenvalue weighted by Gasteiger charge is 2.42. The highest BCUT2D eigenvalue weighted by Crippen LogP contribution is 2.33. The Morgan fingerprint density at radius 3 is 2.67 bits per heavy atom. The Kier molecular flexibility index (Phi) is 3.11. The first-order chi connectivity index (χ1) is 8.41. The fourth-order valence-corrected chi connectivity index (χ4v) is 2.73. The lowest BCUT2D eigenvalue weighted by atomic mass is 9.81. The van der Waals surface area contributed by atoms with Gasteiger partial charge in [-0.2, -0.15) is 5.10 Å². The smallest absolute Gasteiger partial charge is 0.308 e. The number of rotatable bonds is 2. The molecule has 0 aliphatic carbocycles. The molecule has 98 valence electrons. The monoisotopic (exact) mass is 251 g/mol. The molecular weight excluding hydrogens is 234 g/mol. The molecule has 2 heterocycles. The van der Waals surface area contributed by atoms with Gasteiger partial charge in [0.1, 0.15) is 0 Å². The number of carbonyl (C=O) groups excluding carboxylic acids is 1. The molecular formula is C12H17N3O3. The summed E-state index contributed by atoms with van der Waals surface area (Å²) in [7, 11) is 1.76. The SMILES string of the molecule is CC1CC(=O)N(c2cnn(C)c2)C(C)C1C(=O)O. The first-order valence-electron chi connectivity index (χ1n) is 5.95. The molecule has 0 spiro atoms. The second-order valence-electron chi connectivity index (χ2n) is 4.92. The van der Waals surface area contributed by atoms with E-state index < -0.39 is 11.9 Å². The van der Waals surface area contributed by atoms with Gasteiger partial charge in [0.25, 0.3) is 0 Å². The number of amides is 1. The molecule has 1 saturated heterocycles. The fourth-order valence-electron chi connectivity index (χ4n) is 2.73. The molecule has 1 fully saturated rings. The van der Waals surface area contributed by atoms with Gasteiger partial charge < -0.3 is 10.0 Å². The van der Waals surface area contributed by atoms with Crippen LogP contribution in [-0.4, -0.2) is 32.8 Å². The number of nitrogens with zero attached hydrogens (tertiary/aromatic N) is 3. The third kappa shape index (κ3) is 1.98. The molecule has 18 heavy (non-hydrogen) atoms. The molecule has 1 aromatic heterocycles. The topological polar surface area (TPSA) is 75.4 Å². The van der Waals surface area contributed by atoms with Crippen molar-refractivity contribution in [2.75, 3.05) is 4.90 Å². The van der Waals surface area contributed by atoms with Gasteiger partial charge in [-0.3, -0.25) is 14.3 Å². The van der Waals surface area contributed by atoms with E-state index in [-0.39, 0.29) is 24.3 Å². The van der Waals surface area contributed by atoms with Gasteiger partial charge in [0, 0.05) is 25.7 Å². The minimum atomic E-state index is -0.851. The van der Waals surface area contributed by atoms with Crippen molar-refractivity contribution < 1.29 is 14.7 Å². The minimum Gasteiger partial charge on any atom is -0.481 e. The standard InChI is InChI=1S/C12H17N3O3/c1-7-4-10(16)15(8(2)11(7)12(17)18)9-5-13-14(3)6-9/h5-8,11H,4H2,1-3H3,(H,17,18). The maximum absolute atomic E-state index is 12.1. The lowest BCUT2D eigenvalue weighted by Gasteiger charge is -2.39. The third-order valence-electron chi connectivity index (χ3n) is 3.56. The van der Waals surface area contributed by atoms with Gasteiger partial charge in [-0.05, 0) is 12.8 Å². The molecule has 1 aliphatic rings. The molecule has 2 rings (SSSR count). The van der Waals surface area contributed by atoms with Crippen LogP contribution < -0.4 is 4.90 Å². The Morgan fingerprint density at radius 2 is 2.17 bits per heavy atom. The Bertz CT molecular complexity index is 483. The molecule has 0 saturated carbocycles. The van der Waals surface area contributed by atoms with Gasteiger partial charge >= 0.3 is 5.97 Å². The van der Waals surface area contributed by atoms with Crippen LogP contribution in [0.2, 0.25) is 0 Å². The van der Waals surface area contributed by atoms with E-state index >= 15 is 0 Å². The zero-order valence-electron chi connectivity index (χ0n) is 10.7. The van der Waals surface area contributed by atoms with Crippen molar-refractivity contribution in [1.29, 1.82) is 0 Å². The average molecular weight is 251 g/mol. The van der Waals surface area contributed by atoms with Crippen molar-refractivity contribution in [3.05, 3.63) is 12.4 Å². The number of hydrogen-bond donors (Lipinski definition) is 1. The second kappa shape index (κ2) is 4.44. The highest BCUT2D eigenvalue weighted by atomic mass is 16.4. The van der Waals surface area contributed by atoms with Gasteiger partial charge in [-0.15, -0.1) is 0 Å². The van der Waals surface area contributed by atoms with E-state index in [9.17, 15) is 14.7 Å². The molecule has 0 radical (unpaired) electrons. The highest BCUT2D eigenvalue weighted by molar-refractivity contribution is 5.96. The van der Waals surface area contributed by atoms with E-state index in [1.165, 1.54) is 0 Å². The summed E-state index contributed by atoms with van der Waals surface area (Å²) in [5.74, 6) is -1.57. The van der Waals surface area contributed by atoms with Gasteiger partial charge in [0.15, 0.2) is 0 Å². The van der Waals surface area contributed by atoms with E-state index in [1.807, 2.05) is 6.92 Å². The number of carboxylic acids is 1. The van der Waals surface area contributed by atoms with E-state index in [4.69, 9.17) is 0 Å². The molecule has 1 aromatic rings. The number of hydrogen-bond acceptors (Lipinski definition) is 3. The van der Waals surface area contributed by atoms with Crippen LogP contribution in [0, 0.1) is 11.8 Å². The molecule has 6 nitrogen and oxygen atoms in total. The van der Waals surface area contributed by atoms with Gasteiger partial charge in [0.2, 0.25) is 5.91 Å². The summed E-state index contributed by atoms with van der Waals surface area (Å²) in [6, 6.07) is -0.358. The van der Waals surface area contributed by atoms with Crippen molar-refractivity contribution in [1.82, 2.24) is 9.78 Å². The second-order valence-corrected chi connectivity index (χ2v) is 4.92. The summed E-state index contributed by atoms with van der Waals surface area (Å²) in [4.78, 5) is 24.9. The predicted molar refractivity (Wildman–Crippen MR) is 65.1 cm³/mol. The van der Waals surface area contributed by atoms with Crippen LogP contribution in [0.1, 0.15) is 20.3 Å². The molecule has 3 atom stereocenters. The Morgan fingerprint density at radius 1 is 1.50 bits per heavy atom. The van der Waals surface area contributed by atoms with Crippen LogP contribution in [0.4, 0.5) is 5.69 Å². The van der Waals surface area contributed by atoms with Crippen LogP contribution >= 0.6 is 0 Å². The average Bonchev–Trinajstić information content (AvgIpc) is 2.63. The van der Waals surface area contributed by atoms with E-state index in [0.29, 0.717) is 5.69 Å². The van der Waals surface area contributed by atoms with Crippen molar-refractivity contribution >= 4 is 17.6 Å². The van der Waals surface area contributed by atoms with Crippen LogP contribution in [0.15, 0.2) is 12.4 Å². The maximum Gasteiger partial charge on any atom is 0.308 e. The minimum absolute atomic E-state index is 0.0412. The fraction of sp³-hybridized carbons (Fsp3) is 0.583. The van der Waals surface area contributed by atoms with Gasteiger partial charge in [-0.1, -0.05) is 6.92 Å². The summed E-state index contributed by atoms with van der Waals surface area (Å²) in [6.45, 7) is 3.59.